The molecule has 1 heterocycles. The number of nitrogens with one attached hydrogen (secondary N) is 2. The SMILES string of the molecule is COCCNC(=O)[C@@H](NC(=O)c1ccc(C)cc1)C1CCN(C(=O)C(C)C)CC1. The first-order valence-electron chi connectivity index (χ1n) is 10.3. The van der Waals surface area contributed by atoms with Crippen molar-refractivity contribution in [1.82, 2.24) is 15.5 Å². The van der Waals surface area contributed by atoms with Gasteiger partial charge in [0, 0.05) is 38.2 Å². The fraction of sp³-hybridized carbons (Fsp3) is 0.591. The highest BCUT2D eigenvalue weighted by Gasteiger charge is 2.34. The van der Waals surface area contributed by atoms with Crippen molar-refractivity contribution in [3.05, 3.63) is 35.4 Å². The molecule has 1 saturated heterocycles. The number of methoxy groups -OCH3 is 1. The summed E-state index contributed by atoms with van der Waals surface area (Å²) in [6.07, 6.45) is 1.35. The van der Waals surface area contributed by atoms with Gasteiger partial charge in [0.1, 0.15) is 6.04 Å². The van der Waals surface area contributed by atoms with Crippen LogP contribution in [0.5, 0.6) is 0 Å². The molecule has 0 bridgehead atoms. The van der Waals surface area contributed by atoms with Gasteiger partial charge in [-0.15, -0.1) is 0 Å². The maximum Gasteiger partial charge on any atom is 0.251 e. The summed E-state index contributed by atoms with van der Waals surface area (Å²) >= 11 is 0. The van der Waals surface area contributed by atoms with E-state index in [1.807, 2.05) is 37.8 Å². The second kappa shape index (κ2) is 11.0. The van der Waals surface area contributed by atoms with Crippen molar-refractivity contribution in [2.75, 3.05) is 33.4 Å². The summed E-state index contributed by atoms with van der Waals surface area (Å²) in [5, 5.41) is 5.76. The van der Waals surface area contributed by atoms with Crippen molar-refractivity contribution in [2.45, 2.75) is 39.7 Å². The van der Waals surface area contributed by atoms with Crippen LogP contribution in [0.3, 0.4) is 0 Å². The third kappa shape index (κ3) is 6.56. The Labute approximate surface area is 173 Å². The van der Waals surface area contributed by atoms with Crippen molar-refractivity contribution in [3.8, 4) is 0 Å². The molecule has 1 aliphatic rings. The largest absolute Gasteiger partial charge is 0.383 e. The molecule has 1 fully saturated rings. The Hall–Kier alpha value is -2.41. The number of carbonyl (C=O) groups excluding carboxylic acids is 3. The summed E-state index contributed by atoms with van der Waals surface area (Å²) in [6.45, 7) is 7.74. The molecule has 29 heavy (non-hydrogen) atoms. The number of likely N-dealkylation sites (tertiary alicyclic amines) is 1. The predicted molar refractivity (Wildman–Crippen MR) is 111 cm³/mol. The van der Waals surface area contributed by atoms with Crippen LogP contribution in [-0.4, -0.2) is 62.0 Å². The summed E-state index contributed by atoms with van der Waals surface area (Å²) in [7, 11) is 1.57. The van der Waals surface area contributed by atoms with Gasteiger partial charge in [-0.05, 0) is 37.8 Å². The number of amides is 3. The van der Waals surface area contributed by atoms with E-state index in [9.17, 15) is 14.4 Å². The van der Waals surface area contributed by atoms with Crippen LogP contribution in [0.15, 0.2) is 24.3 Å². The van der Waals surface area contributed by atoms with Crippen LogP contribution in [0.25, 0.3) is 0 Å². The second-order valence-corrected chi connectivity index (χ2v) is 7.92. The summed E-state index contributed by atoms with van der Waals surface area (Å²) in [5.41, 5.74) is 1.59. The number of piperidine rings is 1. The maximum absolute atomic E-state index is 12.8. The molecule has 0 aromatic heterocycles. The monoisotopic (exact) mass is 403 g/mol. The highest BCUT2D eigenvalue weighted by molar-refractivity contribution is 5.97. The van der Waals surface area contributed by atoms with Gasteiger partial charge in [-0.1, -0.05) is 31.5 Å². The van der Waals surface area contributed by atoms with Gasteiger partial charge in [0.2, 0.25) is 11.8 Å². The molecular weight excluding hydrogens is 370 g/mol. The zero-order valence-corrected chi connectivity index (χ0v) is 17.9. The molecule has 0 aliphatic carbocycles. The molecule has 1 aromatic rings. The Morgan fingerprint density at radius 1 is 1.14 bits per heavy atom. The number of benzene rings is 1. The molecule has 0 radical (unpaired) electrons. The van der Waals surface area contributed by atoms with Gasteiger partial charge in [0.25, 0.3) is 5.91 Å². The smallest absolute Gasteiger partial charge is 0.251 e. The molecule has 0 saturated carbocycles. The molecule has 3 amide bonds. The van der Waals surface area contributed by atoms with Crippen molar-refractivity contribution in [3.63, 3.8) is 0 Å². The van der Waals surface area contributed by atoms with Crippen LogP contribution in [0.4, 0.5) is 0 Å². The average molecular weight is 404 g/mol. The molecule has 0 unspecified atom stereocenters. The van der Waals surface area contributed by atoms with Gasteiger partial charge in [-0.25, -0.2) is 0 Å². The molecule has 160 valence electrons. The minimum Gasteiger partial charge on any atom is -0.383 e. The Morgan fingerprint density at radius 2 is 1.76 bits per heavy atom. The normalized spacial score (nSPS) is 15.8. The van der Waals surface area contributed by atoms with Crippen LogP contribution in [-0.2, 0) is 14.3 Å². The van der Waals surface area contributed by atoms with Gasteiger partial charge in [-0.3, -0.25) is 14.4 Å². The third-order valence-corrected chi connectivity index (χ3v) is 5.30. The van der Waals surface area contributed by atoms with Crippen molar-refractivity contribution < 1.29 is 19.1 Å². The lowest BCUT2D eigenvalue weighted by molar-refractivity contribution is -0.136. The highest BCUT2D eigenvalue weighted by Crippen LogP contribution is 2.23. The Morgan fingerprint density at radius 3 is 2.31 bits per heavy atom. The van der Waals surface area contributed by atoms with Gasteiger partial charge >= 0.3 is 0 Å². The van der Waals surface area contributed by atoms with E-state index >= 15 is 0 Å². The fourth-order valence-electron chi connectivity index (χ4n) is 3.53. The van der Waals surface area contributed by atoms with E-state index in [1.165, 1.54) is 0 Å². The van der Waals surface area contributed by atoms with E-state index in [4.69, 9.17) is 4.74 Å². The Balaban J connectivity index is 2.07. The van der Waals surface area contributed by atoms with Crippen LogP contribution < -0.4 is 10.6 Å². The van der Waals surface area contributed by atoms with Gasteiger partial charge in [-0.2, -0.15) is 0 Å². The molecule has 1 aromatic carbocycles. The third-order valence-electron chi connectivity index (χ3n) is 5.30. The topological polar surface area (TPSA) is 87.7 Å². The first-order valence-corrected chi connectivity index (χ1v) is 10.3. The maximum atomic E-state index is 12.8. The zero-order chi connectivity index (χ0) is 21.4. The Kier molecular flexibility index (Phi) is 8.64. The number of ether oxygens (including phenoxy) is 1. The first-order chi connectivity index (χ1) is 13.8. The lowest BCUT2D eigenvalue weighted by Gasteiger charge is -2.36. The van der Waals surface area contributed by atoms with E-state index in [2.05, 4.69) is 10.6 Å². The van der Waals surface area contributed by atoms with Gasteiger partial charge in [0.05, 0.1) is 6.61 Å². The van der Waals surface area contributed by atoms with Gasteiger partial charge < -0.3 is 20.3 Å². The van der Waals surface area contributed by atoms with Gasteiger partial charge in [0.15, 0.2) is 0 Å². The van der Waals surface area contributed by atoms with Crippen molar-refractivity contribution in [2.24, 2.45) is 11.8 Å². The molecule has 7 heteroatoms. The second-order valence-electron chi connectivity index (χ2n) is 7.92. The van der Waals surface area contributed by atoms with Crippen LogP contribution >= 0.6 is 0 Å². The number of nitrogens with zero attached hydrogens (tertiary/aromatic N) is 1. The summed E-state index contributed by atoms with van der Waals surface area (Å²) in [4.78, 5) is 39.6. The van der Waals surface area contributed by atoms with Crippen LogP contribution in [0, 0.1) is 18.8 Å². The number of aryl methyl sites for hydroxylation is 1. The Bertz CT molecular complexity index is 695. The summed E-state index contributed by atoms with van der Waals surface area (Å²) in [5.74, 6) is -0.411. The molecule has 2 N–H and O–H groups in total. The lowest BCUT2D eigenvalue weighted by Crippen LogP contribution is -2.54. The average Bonchev–Trinajstić information content (AvgIpc) is 2.72. The van der Waals surface area contributed by atoms with Crippen molar-refractivity contribution in [1.29, 1.82) is 0 Å². The quantitative estimate of drug-likeness (QED) is 0.648. The lowest BCUT2D eigenvalue weighted by atomic mass is 9.88. The van der Waals surface area contributed by atoms with Crippen LogP contribution in [0.1, 0.15) is 42.6 Å². The molecule has 2 rings (SSSR count). The fourth-order valence-corrected chi connectivity index (χ4v) is 3.53. The number of hydrogen-bond acceptors (Lipinski definition) is 4. The minimum absolute atomic E-state index is 0.0249. The first kappa shape index (κ1) is 22.9. The zero-order valence-electron chi connectivity index (χ0n) is 17.9. The number of rotatable bonds is 8. The van der Waals surface area contributed by atoms with E-state index < -0.39 is 6.04 Å². The minimum atomic E-state index is -0.642. The van der Waals surface area contributed by atoms with E-state index in [0.29, 0.717) is 44.6 Å². The molecule has 7 nitrogen and oxygen atoms in total. The molecular formula is C22H33N3O4. The number of hydrogen-bond donors (Lipinski definition) is 2. The van der Waals surface area contributed by atoms with E-state index in [0.717, 1.165) is 5.56 Å². The highest BCUT2D eigenvalue weighted by atomic mass is 16.5. The molecule has 0 spiro atoms. The predicted octanol–water partition coefficient (Wildman–Crippen LogP) is 1.75. The summed E-state index contributed by atoms with van der Waals surface area (Å²) < 4.78 is 5.00. The van der Waals surface area contributed by atoms with E-state index in [1.54, 1.807) is 19.2 Å². The standard InChI is InChI=1S/C22H33N3O4/c1-15(2)22(28)25-12-9-17(10-13-25)19(21(27)23-11-14-29-4)24-20(26)18-7-5-16(3)6-8-18/h5-8,15,17,19H,9-14H2,1-4H3,(H,23,27)(H,24,26)/t19-/m0/s1. The summed E-state index contributed by atoms with van der Waals surface area (Å²) in [6, 6.07) is 6.62. The molecule has 1 atom stereocenters. The number of carbonyl (C=O) groups is 3. The van der Waals surface area contributed by atoms with E-state index in [-0.39, 0.29) is 29.6 Å². The molecule has 1 aliphatic heterocycles. The van der Waals surface area contributed by atoms with Crippen molar-refractivity contribution >= 4 is 17.7 Å². The van der Waals surface area contributed by atoms with Crippen LogP contribution in [0.2, 0.25) is 0 Å².